The summed E-state index contributed by atoms with van der Waals surface area (Å²) in [6.07, 6.45) is 0. The highest BCUT2D eigenvalue weighted by Crippen LogP contribution is 2.20. The molecular formula is C8H11F4N3O3S. The van der Waals surface area contributed by atoms with Gasteiger partial charge < -0.3 is 16.0 Å². The van der Waals surface area contributed by atoms with Crippen molar-refractivity contribution in [3.63, 3.8) is 0 Å². The molecule has 0 radical (unpaired) electrons. The van der Waals surface area contributed by atoms with Crippen LogP contribution in [-0.4, -0.2) is 18.5 Å². The lowest BCUT2D eigenvalue weighted by Crippen LogP contribution is -2.39. The molecule has 0 aliphatic carbocycles. The van der Waals surface area contributed by atoms with Crippen LogP contribution < -0.4 is 16.0 Å². The van der Waals surface area contributed by atoms with Crippen molar-refractivity contribution in [1.82, 2.24) is 0 Å². The maximum Gasteiger partial charge on any atom is 0.485 e. The summed E-state index contributed by atoms with van der Waals surface area (Å²) in [5, 5.41) is 0. The lowest BCUT2D eigenvalue weighted by molar-refractivity contribution is -0.665. The van der Waals surface area contributed by atoms with Gasteiger partial charge in [0.05, 0.1) is 6.54 Å². The summed E-state index contributed by atoms with van der Waals surface area (Å²) in [5.41, 5.74) is 5.31. The molecule has 11 heteroatoms. The average Bonchev–Trinajstić information content (AvgIpc) is 2.13. The van der Waals surface area contributed by atoms with Crippen LogP contribution in [0, 0.1) is 5.82 Å². The minimum atomic E-state index is -6.09. The Bertz CT molecular complexity index is 522. The summed E-state index contributed by atoms with van der Waals surface area (Å²) in [7, 11) is -6.09. The highest BCUT2D eigenvalue weighted by molar-refractivity contribution is 7.86. The third-order valence-corrected chi connectivity index (χ3v) is 2.36. The predicted molar refractivity (Wildman–Crippen MR) is 56.8 cm³/mol. The fourth-order valence-electron chi connectivity index (χ4n) is 0.994. The average molecular weight is 305 g/mol. The van der Waals surface area contributed by atoms with Gasteiger partial charge in [-0.05, 0) is 6.92 Å². The number of aromatic nitrogens is 1. The molecule has 0 atom stereocenters. The molecule has 0 saturated heterocycles. The summed E-state index contributed by atoms with van der Waals surface area (Å²) in [5.74, 6) is 0.305. The maximum atomic E-state index is 12.6. The monoisotopic (exact) mass is 305 g/mol. The molecule has 1 aromatic rings. The Labute approximate surface area is 106 Å². The van der Waals surface area contributed by atoms with Gasteiger partial charge in [-0.2, -0.15) is 13.2 Å². The van der Waals surface area contributed by atoms with Gasteiger partial charge in [0, 0.05) is 12.1 Å². The summed E-state index contributed by atoms with van der Waals surface area (Å²) in [4.78, 5) is 0. The molecule has 1 rings (SSSR count). The van der Waals surface area contributed by atoms with Gasteiger partial charge in [0.25, 0.3) is 0 Å². The van der Waals surface area contributed by atoms with E-state index in [4.69, 9.17) is 24.4 Å². The molecule has 110 valence electrons. The standard InChI is InChI=1S/C7H10FN3.CHF3O3S/c1-2-11-6(9)3-5(8)4-7(11)10;2-1(3,4)8(5,6)7/h3-4H,2H2,1H3,(H3,9,10);(H,5,6,7). The van der Waals surface area contributed by atoms with Crippen LogP contribution in [0.1, 0.15) is 6.92 Å². The molecule has 4 N–H and O–H groups in total. The number of anilines is 2. The quantitative estimate of drug-likeness (QED) is 0.336. The molecule has 0 aliphatic rings. The Morgan fingerprint density at radius 2 is 1.58 bits per heavy atom. The lowest BCUT2D eigenvalue weighted by Gasteiger charge is -2.08. The second-order valence-corrected chi connectivity index (χ2v) is 4.54. The van der Waals surface area contributed by atoms with Crippen molar-refractivity contribution in [3.05, 3.63) is 17.9 Å². The van der Waals surface area contributed by atoms with Gasteiger partial charge in [-0.1, -0.05) is 0 Å². The number of alkyl halides is 3. The first kappa shape index (κ1) is 17.4. The number of nitrogens with zero attached hydrogens (tertiary/aromatic N) is 1. The van der Waals surface area contributed by atoms with E-state index in [1.807, 2.05) is 6.92 Å². The van der Waals surface area contributed by atoms with Crippen molar-refractivity contribution < 1.29 is 35.1 Å². The summed E-state index contributed by atoms with van der Waals surface area (Å²) in [6.45, 7) is 2.54. The number of nitrogens with two attached hydrogens (primary N) is 2. The van der Waals surface area contributed by atoms with E-state index in [1.165, 1.54) is 12.1 Å². The normalized spacial score (nSPS) is 11.7. The van der Waals surface area contributed by atoms with Crippen LogP contribution in [0.25, 0.3) is 0 Å². The summed E-state index contributed by atoms with van der Waals surface area (Å²) >= 11 is 0. The minimum absolute atomic E-state index is 0.352. The zero-order chi connectivity index (χ0) is 15.4. The molecule has 6 nitrogen and oxygen atoms in total. The van der Waals surface area contributed by atoms with Crippen molar-refractivity contribution >= 4 is 21.8 Å². The van der Waals surface area contributed by atoms with Gasteiger partial charge in [0.15, 0.2) is 10.1 Å². The number of pyridine rings is 1. The van der Waals surface area contributed by atoms with Crippen LogP contribution in [0.2, 0.25) is 0 Å². The zero-order valence-corrected chi connectivity index (χ0v) is 10.4. The third kappa shape index (κ3) is 5.26. The van der Waals surface area contributed by atoms with Crippen molar-refractivity contribution in [3.8, 4) is 0 Å². The highest BCUT2D eigenvalue weighted by Gasteiger charge is 2.36. The summed E-state index contributed by atoms with van der Waals surface area (Å²) in [6, 6.07) is 2.50. The molecule has 1 aromatic heterocycles. The maximum absolute atomic E-state index is 12.6. The van der Waals surface area contributed by atoms with Crippen LogP contribution in [0.15, 0.2) is 12.1 Å². The van der Waals surface area contributed by atoms with Gasteiger partial charge in [-0.25, -0.2) is 17.4 Å². The van der Waals surface area contributed by atoms with E-state index in [2.05, 4.69) is 0 Å². The van der Waals surface area contributed by atoms with Gasteiger partial charge in [-0.15, -0.1) is 0 Å². The molecule has 0 unspecified atom stereocenters. The molecule has 0 aromatic carbocycles. The Morgan fingerprint density at radius 3 is 1.79 bits per heavy atom. The van der Waals surface area contributed by atoms with E-state index in [0.717, 1.165) is 0 Å². The van der Waals surface area contributed by atoms with E-state index in [0.29, 0.717) is 18.2 Å². The Balaban J connectivity index is 0.000000362. The zero-order valence-electron chi connectivity index (χ0n) is 9.61. The van der Waals surface area contributed by atoms with Crippen molar-refractivity contribution in [1.29, 1.82) is 0 Å². The molecule has 0 bridgehead atoms. The van der Waals surface area contributed by atoms with Crippen LogP contribution >= 0.6 is 0 Å². The number of hydrogen-bond acceptors (Lipinski definition) is 5. The topological polar surface area (TPSA) is 113 Å². The van der Waals surface area contributed by atoms with E-state index in [9.17, 15) is 17.6 Å². The molecule has 1 heterocycles. The number of halogens is 4. The molecule has 0 aliphatic heterocycles. The second-order valence-electron chi connectivity index (χ2n) is 3.17. The number of rotatable bonds is 1. The van der Waals surface area contributed by atoms with Crippen LogP contribution in [0.5, 0.6) is 0 Å². The first-order valence-electron chi connectivity index (χ1n) is 4.66. The van der Waals surface area contributed by atoms with Gasteiger partial charge in [-0.3, -0.25) is 0 Å². The van der Waals surface area contributed by atoms with E-state index >= 15 is 0 Å². The van der Waals surface area contributed by atoms with Crippen molar-refractivity contribution in [2.75, 3.05) is 11.5 Å². The Hall–Kier alpha value is -1.62. The van der Waals surface area contributed by atoms with Crippen molar-refractivity contribution in [2.45, 2.75) is 19.0 Å². The Morgan fingerprint density at radius 1 is 1.26 bits per heavy atom. The van der Waals surface area contributed by atoms with Crippen LogP contribution in [-0.2, 0) is 16.7 Å². The van der Waals surface area contributed by atoms with E-state index < -0.39 is 21.4 Å². The van der Waals surface area contributed by atoms with E-state index in [-0.39, 0.29) is 0 Å². The third-order valence-electron chi connectivity index (χ3n) is 1.79. The number of nitrogen functional groups attached to an aromatic ring is 2. The summed E-state index contributed by atoms with van der Waals surface area (Å²) < 4.78 is 73.1. The first-order valence-corrected chi connectivity index (χ1v) is 6.07. The van der Waals surface area contributed by atoms with Crippen LogP contribution in [0.3, 0.4) is 0 Å². The second kappa shape index (κ2) is 6.02. The van der Waals surface area contributed by atoms with Gasteiger partial charge in [0.1, 0.15) is 5.82 Å². The lowest BCUT2D eigenvalue weighted by atomic mass is 10.4. The molecular weight excluding hydrogens is 294 g/mol. The largest absolute Gasteiger partial charge is 0.741 e. The van der Waals surface area contributed by atoms with Gasteiger partial charge >= 0.3 is 5.51 Å². The molecule has 19 heavy (non-hydrogen) atoms. The molecule has 0 spiro atoms. The fraction of sp³-hybridized carbons (Fsp3) is 0.375. The predicted octanol–water partition coefficient (Wildman–Crippen LogP) is 0.349. The molecule has 0 fully saturated rings. The van der Waals surface area contributed by atoms with Gasteiger partial charge in [0.2, 0.25) is 11.6 Å². The molecule has 0 saturated carbocycles. The van der Waals surface area contributed by atoms with Crippen molar-refractivity contribution in [2.24, 2.45) is 0 Å². The highest BCUT2D eigenvalue weighted by atomic mass is 32.2. The Kier molecular flexibility index (Phi) is 5.50. The molecule has 0 amide bonds. The van der Waals surface area contributed by atoms with Crippen LogP contribution in [0.4, 0.5) is 29.2 Å². The number of hydrogen-bond donors (Lipinski definition) is 2. The SMILES string of the molecule is CC[n+]1c(N)cc(F)cc1N.O=S(=O)([O-])C(F)(F)F. The smallest absolute Gasteiger partial charge is 0.485 e. The van der Waals surface area contributed by atoms with E-state index in [1.54, 1.807) is 4.57 Å². The fourth-order valence-corrected chi connectivity index (χ4v) is 0.994. The minimum Gasteiger partial charge on any atom is -0.741 e. The first-order chi connectivity index (χ1) is 8.40.